The van der Waals surface area contributed by atoms with Crippen molar-refractivity contribution in [1.82, 2.24) is 19.1 Å². The molecule has 9 aromatic rings. The van der Waals surface area contributed by atoms with Crippen LogP contribution in [-0.2, 0) is 0 Å². The van der Waals surface area contributed by atoms with E-state index in [-0.39, 0.29) is 0 Å². The number of imidazole rings is 2. The lowest BCUT2D eigenvalue weighted by Gasteiger charge is -2.12. The molecule has 50 heavy (non-hydrogen) atoms. The Balaban J connectivity index is 1.07. The molecule has 2 heterocycles. The zero-order chi connectivity index (χ0) is 33.4. The fourth-order valence-corrected chi connectivity index (χ4v) is 6.84. The zero-order valence-corrected chi connectivity index (χ0v) is 27.3. The molecule has 0 amide bonds. The highest BCUT2D eigenvalue weighted by molar-refractivity contribution is 5.86. The number of hydrogen-bond donors (Lipinski definition) is 0. The maximum absolute atomic E-state index is 5.05. The lowest BCUT2D eigenvalue weighted by atomic mass is 9.95. The van der Waals surface area contributed by atoms with Gasteiger partial charge >= 0.3 is 0 Å². The van der Waals surface area contributed by atoms with Crippen LogP contribution < -0.4 is 0 Å². The molecule has 0 radical (unpaired) electrons. The Morgan fingerprint density at radius 3 is 1.18 bits per heavy atom. The molecule has 236 valence electrons. The minimum Gasteiger partial charge on any atom is -0.292 e. The van der Waals surface area contributed by atoms with Crippen LogP contribution in [0.25, 0.3) is 84.5 Å². The van der Waals surface area contributed by atoms with Crippen LogP contribution in [-0.4, -0.2) is 19.1 Å². The SMILES string of the molecule is C=Cc1cc(-c2ccc(-c3nc4ccccc4n3-c3ccccc3)cc2)cc(-c2ccc(-c3nc4ccccc4n3-c3ccccc3)cc2)c1. The van der Waals surface area contributed by atoms with Gasteiger partial charge in [-0.3, -0.25) is 9.13 Å². The molecule has 0 bridgehead atoms. The first-order valence-corrected chi connectivity index (χ1v) is 16.8. The van der Waals surface area contributed by atoms with Crippen LogP contribution in [0.3, 0.4) is 0 Å². The van der Waals surface area contributed by atoms with Crippen molar-refractivity contribution in [3.63, 3.8) is 0 Å². The van der Waals surface area contributed by atoms with Crippen LogP contribution in [0.15, 0.2) is 183 Å². The van der Waals surface area contributed by atoms with Crippen molar-refractivity contribution >= 4 is 28.1 Å². The number of nitrogens with zero attached hydrogens (tertiary/aromatic N) is 4. The number of benzene rings is 7. The van der Waals surface area contributed by atoms with E-state index in [1.165, 1.54) is 0 Å². The molecular weight excluding hydrogens is 609 g/mol. The van der Waals surface area contributed by atoms with E-state index in [1.54, 1.807) is 0 Å². The van der Waals surface area contributed by atoms with Crippen LogP contribution >= 0.6 is 0 Å². The summed E-state index contributed by atoms with van der Waals surface area (Å²) in [5.41, 5.74) is 14.0. The highest BCUT2D eigenvalue weighted by atomic mass is 15.1. The molecule has 0 atom stereocenters. The van der Waals surface area contributed by atoms with Crippen molar-refractivity contribution < 1.29 is 0 Å². The normalized spacial score (nSPS) is 11.3. The van der Waals surface area contributed by atoms with Crippen molar-refractivity contribution in [2.75, 3.05) is 0 Å². The standard InChI is InChI=1S/C46H32N4/c1-2-32-29-37(33-21-25-35(26-22-33)45-47-41-17-9-11-19-43(41)49(45)39-13-5-3-6-14-39)31-38(30-32)34-23-27-36(28-24-34)46-48-42-18-10-12-20-44(42)50(46)40-15-7-4-8-16-40/h2-31H,1H2. The van der Waals surface area contributed by atoms with Gasteiger partial charge in [0.05, 0.1) is 22.1 Å². The summed E-state index contributed by atoms with van der Waals surface area (Å²) in [5, 5.41) is 0. The molecule has 9 rings (SSSR count). The fourth-order valence-electron chi connectivity index (χ4n) is 6.84. The first-order valence-electron chi connectivity index (χ1n) is 16.8. The Bertz CT molecular complexity index is 2450. The Labute approximate surface area is 290 Å². The molecule has 0 saturated heterocycles. The molecule has 0 unspecified atom stereocenters. The van der Waals surface area contributed by atoms with Crippen LogP contribution in [0.5, 0.6) is 0 Å². The van der Waals surface area contributed by atoms with E-state index in [0.717, 1.165) is 84.0 Å². The number of para-hydroxylation sites is 6. The maximum atomic E-state index is 5.05. The van der Waals surface area contributed by atoms with Gasteiger partial charge in [0.1, 0.15) is 11.6 Å². The third-order valence-corrected chi connectivity index (χ3v) is 9.29. The van der Waals surface area contributed by atoms with Crippen molar-refractivity contribution in [3.8, 4) is 56.4 Å². The van der Waals surface area contributed by atoms with Crippen LogP contribution in [0.2, 0.25) is 0 Å². The number of aromatic nitrogens is 4. The van der Waals surface area contributed by atoms with Gasteiger partial charge < -0.3 is 0 Å². The predicted octanol–water partition coefficient (Wildman–Crippen LogP) is 11.7. The molecule has 0 fully saturated rings. The second-order valence-corrected chi connectivity index (χ2v) is 12.4. The summed E-state index contributed by atoms with van der Waals surface area (Å²) in [4.78, 5) is 10.1. The van der Waals surface area contributed by atoms with Gasteiger partial charge in [-0.15, -0.1) is 0 Å². The molecule has 0 saturated carbocycles. The van der Waals surface area contributed by atoms with Gasteiger partial charge in [0.2, 0.25) is 0 Å². The van der Waals surface area contributed by atoms with E-state index in [0.29, 0.717) is 0 Å². The van der Waals surface area contributed by atoms with Gasteiger partial charge in [-0.2, -0.15) is 0 Å². The average Bonchev–Trinajstić information content (AvgIpc) is 3.78. The van der Waals surface area contributed by atoms with Gasteiger partial charge in [-0.25, -0.2) is 9.97 Å². The topological polar surface area (TPSA) is 35.6 Å². The van der Waals surface area contributed by atoms with Gasteiger partial charge in [0.15, 0.2) is 0 Å². The smallest absolute Gasteiger partial charge is 0.145 e. The lowest BCUT2D eigenvalue weighted by molar-refractivity contribution is 1.10. The van der Waals surface area contributed by atoms with Crippen LogP contribution in [0, 0.1) is 0 Å². The van der Waals surface area contributed by atoms with E-state index in [2.05, 4.69) is 167 Å². The first-order chi connectivity index (χ1) is 24.7. The molecule has 0 aliphatic carbocycles. The minimum atomic E-state index is 0.922. The summed E-state index contributed by atoms with van der Waals surface area (Å²) in [7, 11) is 0. The van der Waals surface area contributed by atoms with Crippen LogP contribution in [0.4, 0.5) is 0 Å². The van der Waals surface area contributed by atoms with E-state index in [9.17, 15) is 0 Å². The van der Waals surface area contributed by atoms with Crippen molar-refractivity contribution in [1.29, 1.82) is 0 Å². The molecule has 2 aromatic heterocycles. The molecule has 0 aliphatic rings. The van der Waals surface area contributed by atoms with E-state index < -0.39 is 0 Å². The molecule has 7 aromatic carbocycles. The average molecular weight is 641 g/mol. The van der Waals surface area contributed by atoms with Gasteiger partial charge in [-0.1, -0.05) is 122 Å². The molecule has 0 N–H and O–H groups in total. The van der Waals surface area contributed by atoms with Crippen molar-refractivity contribution in [2.45, 2.75) is 0 Å². The summed E-state index contributed by atoms with van der Waals surface area (Å²) in [6, 6.07) is 61.5. The second-order valence-electron chi connectivity index (χ2n) is 12.4. The Hall–Kier alpha value is -6.78. The highest BCUT2D eigenvalue weighted by Crippen LogP contribution is 2.34. The molecule has 0 spiro atoms. The lowest BCUT2D eigenvalue weighted by Crippen LogP contribution is -1.97. The summed E-state index contributed by atoms with van der Waals surface area (Å²) in [5.74, 6) is 1.84. The fraction of sp³-hybridized carbons (Fsp3) is 0. The third-order valence-electron chi connectivity index (χ3n) is 9.29. The third kappa shape index (κ3) is 5.20. The van der Waals surface area contributed by atoms with Gasteiger partial charge in [-0.05, 0) is 94.5 Å². The van der Waals surface area contributed by atoms with E-state index in [1.807, 2.05) is 30.3 Å². The first kappa shape index (κ1) is 29.4. The summed E-state index contributed by atoms with van der Waals surface area (Å²) < 4.78 is 4.47. The van der Waals surface area contributed by atoms with Crippen molar-refractivity contribution in [2.24, 2.45) is 0 Å². The number of hydrogen-bond acceptors (Lipinski definition) is 2. The minimum absolute atomic E-state index is 0.922. The molecule has 4 nitrogen and oxygen atoms in total. The summed E-state index contributed by atoms with van der Waals surface area (Å²) in [6.45, 7) is 4.10. The number of rotatable bonds is 7. The number of fused-ring (bicyclic) bond motifs is 2. The Morgan fingerprint density at radius 2 is 0.760 bits per heavy atom. The molecular formula is C46H32N4. The Kier molecular flexibility index (Phi) is 7.25. The molecule has 0 aliphatic heterocycles. The predicted molar refractivity (Wildman–Crippen MR) is 208 cm³/mol. The van der Waals surface area contributed by atoms with Gasteiger partial charge in [0, 0.05) is 22.5 Å². The monoisotopic (exact) mass is 640 g/mol. The maximum Gasteiger partial charge on any atom is 0.145 e. The van der Waals surface area contributed by atoms with E-state index in [4.69, 9.17) is 9.97 Å². The van der Waals surface area contributed by atoms with Crippen LogP contribution in [0.1, 0.15) is 5.56 Å². The summed E-state index contributed by atoms with van der Waals surface area (Å²) in [6.07, 6.45) is 1.92. The van der Waals surface area contributed by atoms with Gasteiger partial charge in [0.25, 0.3) is 0 Å². The zero-order valence-electron chi connectivity index (χ0n) is 27.3. The van der Waals surface area contributed by atoms with E-state index >= 15 is 0 Å². The van der Waals surface area contributed by atoms with Crippen molar-refractivity contribution in [3.05, 3.63) is 188 Å². The molecule has 4 heteroatoms. The Morgan fingerprint density at radius 1 is 0.380 bits per heavy atom. The second kappa shape index (κ2) is 12.3. The summed E-state index contributed by atoms with van der Waals surface area (Å²) >= 11 is 0. The quantitative estimate of drug-likeness (QED) is 0.174. The largest absolute Gasteiger partial charge is 0.292 e. The highest BCUT2D eigenvalue weighted by Gasteiger charge is 2.16.